The summed E-state index contributed by atoms with van der Waals surface area (Å²) in [5.41, 5.74) is 0. The lowest BCUT2D eigenvalue weighted by Crippen LogP contribution is -2.32. The number of likely N-dealkylation sites (tertiary alicyclic amines) is 1. The quantitative estimate of drug-likeness (QED) is 0.807. The van der Waals surface area contributed by atoms with Gasteiger partial charge in [0.05, 0.1) is 0 Å². The fourth-order valence-corrected chi connectivity index (χ4v) is 2.87. The smallest absolute Gasteiger partial charge is 0.223 e. The number of nitrogens with zero attached hydrogens (tertiary/aromatic N) is 3. The Balaban J connectivity index is 1.31. The van der Waals surface area contributed by atoms with Crippen LogP contribution in [0.5, 0.6) is 0 Å². The van der Waals surface area contributed by atoms with E-state index in [1.807, 2.05) is 21.8 Å². The van der Waals surface area contributed by atoms with Gasteiger partial charge < -0.3 is 10.2 Å². The molecule has 0 bridgehead atoms. The summed E-state index contributed by atoms with van der Waals surface area (Å²) in [6.45, 7) is 2.20. The Hall–Kier alpha value is -1.85. The molecule has 114 valence electrons. The van der Waals surface area contributed by atoms with Gasteiger partial charge in [0.2, 0.25) is 11.8 Å². The van der Waals surface area contributed by atoms with Gasteiger partial charge in [-0.05, 0) is 25.3 Å². The van der Waals surface area contributed by atoms with Gasteiger partial charge in [0.25, 0.3) is 0 Å². The molecule has 3 rings (SSSR count). The summed E-state index contributed by atoms with van der Waals surface area (Å²) >= 11 is 0. The molecule has 2 fully saturated rings. The standard InChI is InChI=1S/C15H22N4O2/c20-14(3-1-7-18-8-2-6-17-18)16-10-12-9-15(21)19(11-12)13-4-5-13/h2,6,8,12-13H,1,3-5,7,9-11H2,(H,16,20)/t12-/m1/s1. The zero-order valence-electron chi connectivity index (χ0n) is 12.2. The highest BCUT2D eigenvalue weighted by molar-refractivity contribution is 5.80. The van der Waals surface area contributed by atoms with Crippen LogP contribution in [0.4, 0.5) is 0 Å². The Morgan fingerprint density at radius 1 is 1.43 bits per heavy atom. The molecule has 0 radical (unpaired) electrons. The first kappa shape index (κ1) is 14.1. The molecule has 1 aromatic heterocycles. The fourth-order valence-electron chi connectivity index (χ4n) is 2.87. The van der Waals surface area contributed by atoms with Crippen LogP contribution >= 0.6 is 0 Å². The van der Waals surface area contributed by atoms with Gasteiger partial charge in [-0.3, -0.25) is 14.3 Å². The molecule has 0 aromatic carbocycles. The average molecular weight is 290 g/mol. The van der Waals surface area contributed by atoms with E-state index in [4.69, 9.17) is 0 Å². The molecule has 1 aliphatic carbocycles. The van der Waals surface area contributed by atoms with E-state index in [9.17, 15) is 9.59 Å². The number of nitrogens with one attached hydrogen (secondary N) is 1. The van der Waals surface area contributed by atoms with Crippen molar-refractivity contribution in [2.24, 2.45) is 5.92 Å². The minimum absolute atomic E-state index is 0.0690. The molecule has 21 heavy (non-hydrogen) atoms. The van der Waals surface area contributed by atoms with Crippen LogP contribution in [0, 0.1) is 5.92 Å². The second-order valence-corrected chi connectivity index (χ2v) is 6.02. The number of hydrogen-bond donors (Lipinski definition) is 1. The third kappa shape index (κ3) is 3.83. The van der Waals surface area contributed by atoms with Gasteiger partial charge in [-0.1, -0.05) is 0 Å². The molecule has 1 aliphatic heterocycles. The number of amides is 2. The molecular formula is C15H22N4O2. The lowest BCUT2D eigenvalue weighted by atomic mass is 10.1. The maximum atomic E-state index is 11.8. The molecule has 1 saturated carbocycles. The lowest BCUT2D eigenvalue weighted by molar-refractivity contribution is -0.128. The largest absolute Gasteiger partial charge is 0.356 e. The van der Waals surface area contributed by atoms with Crippen LogP contribution in [0.2, 0.25) is 0 Å². The molecule has 0 unspecified atom stereocenters. The number of hydrogen-bond acceptors (Lipinski definition) is 3. The summed E-state index contributed by atoms with van der Waals surface area (Å²) in [7, 11) is 0. The molecule has 1 atom stereocenters. The SMILES string of the molecule is O=C(CCCn1cccn1)NC[C@H]1CC(=O)N(C2CC2)C1. The van der Waals surface area contributed by atoms with Gasteiger partial charge in [-0.2, -0.15) is 5.10 Å². The van der Waals surface area contributed by atoms with Gasteiger partial charge in [-0.25, -0.2) is 0 Å². The highest BCUT2D eigenvalue weighted by atomic mass is 16.2. The summed E-state index contributed by atoms with van der Waals surface area (Å²) in [6, 6.07) is 2.37. The van der Waals surface area contributed by atoms with Gasteiger partial charge in [0.1, 0.15) is 0 Å². The van der Waals surface area contributed by atoms with Crippen molar-refractivity contribution in [3.8, 4) is 0 Å². The Morgan fingerprint density at radius 2 is 2.29 bits per heavy atom. The van der Waals surface area contributed by atoms with Crippen molar-refractivity contribution in [1.82, 2.24) is 20.0 Å². The third-order valence-corrected chi connectivity index (χ3v) is 4.16. The van der Waals surface area contributed by atoms with E-state index in [1.165, 1.54) is 0 Å². The molecule has 6 heteroatoms. The summed E-state index contributed by atoms with van der Waals surface area (Å²) in [5.74, 6) is 0.614. The van der Waals surface area contributed by atoms with E-state index in [2.05, 4.69) is 10.4 Å². The Labute approximate surface area is 124 Å². The summed E-state index contributed by atoms with van der Waals surface area (Å²) in [6.07, 6.45) is 7.82. The number of carbonyl (C=O) groups excluding carboxylic acids is 2. The molecule has 0 spiro atoms. The normalized spacial score (nSPS) is 21.8. The predicted molar refractivity (Wildman–Crippen MR) is 77.3 cm³/mol. The third-order valence-electron chi connectivity index (χ3n) is 4.16. The first-order valence-corrected chi connectivity index (χ1v) is 7.76. The van der Waals surface area contributed by atoms with E-state index in [0.29, 0.717) is 25.4 Å². The first-order valence-electron chi connectivity index (χ1n) is 7.76. The summed E-state index contributed by atoms with van der Waals surface area (Å²) < 4.78 is 1.83. The topological polar surface area (TPSA) is 67.2 Å². The molecule has 2 amide bonds. The van der Waals surface area contributed by atoms with Crippen molar-refractivity contribution in [2.45, 2.75) is 44.7 Å². The Morgan fingerprint density at radius 3 is 3.00 bits per heavy atom. The monoisotopic (exact) mass is 290 g/mol. The molecule has 1 saturated heterocycles. The molecule has 1 N–H and O–H groups in total. The first-order chi connectivity index (χ1) is 10.2. The minimum Gasteiger partial charge on any atom is -0.356 e. The van der Waals surface area contributed by atoms with Crippen molar-refractivity contribution < 1.29 is 9.59 Å². The number of aromatic nitrogens is 2. The number of aryl methyl sites for hydroxylation is 1. The molecular weight excluding hydrogens is 268 g/mol. The number of rotatable bonds is 7. The Kier molecular flexibility index (Phi) is 4.22. The van der Waals surface area contributed by atoms with E-state index in [1.54, 1.807) is 6.20 Å². The van der Waals surface area contributed by atoms with Crippen molar-refractivity contribution in [3.63, 3.8) is 0 Å². The van der Waals surface area contributed by atoms with E-state index >= 15 is 0 Å². The lowest BCUT2D eigenvalue weighted by Gasteiger charge is -2.15. The highest BCUT2D eigenvalue weighted by Crippen LogP contribution is 2.32. The molecule has 2 heterocycles. The van der Waals surface area contributed by atoms with E-state index in [0.717, 1.165) is 32.4 Å². The predicted octanol–water partition coefficient (Wildman–Crippen LogP) is 0.790. The van der Waals surface area contributed by atoms with Crippen molar-refractivity contribution in [1.29, 1.82) is 0 Å². The molecule has 6 nitrogen and oxygen atoms in total. The van der Waals surface area contributed by atoms with Crippen molar-refractivity contribution in [3.05, 3.63) is 18.5 Å². The van der Waals surface area contributed by atoms with Crippen LogP contribution in [0.25, 0.3) is 0 Å². The van der Waals surface area contributed by atoms with E-state index in [-0.39, 0.29) is 17.7 Å². The second-order valence-electron chi connectivity index (χ2n) is 6.02. The maximum absolute atomic E-state index is 11.8. The summed E-state index contributed by atoms with van der Waals surface area (Å²) in [4.78, 5) is 25.6. The Bertz CT molecular complexity index is 496. The summed E-state index contributed by atoms with van der Waals surface area (Å²) in [5, 5.41) is 7.06. The van der Waals surface area contributed by atoms with Gasteiger partial charge in [0.15, 0.2) is 0 Å². The molecule has 2 aliphatic rings. The maximum Gasteiger partial charge on any atom is 0.223 e. The van der Waals surface area contributed by atoms with Crippen molar-refractivity contribution >= 4 is 11.8 Å². The second kappa shape index (κ2) is 6.28. The zero-order valence-corrected chi connectivity index (χ0v) is 12.2. The van der Waals surface area contributed by atoms with Crippen LogP contribution in [-0.2, 0) is 16.1 Å². The van der Waals surface area contributed by atoms with Crippen molar-refractivity contribution in [2.75, 3.05) is 13.1 Å². The van der Waals surface area contributed by atoms with Gasteiger partial charge in [0, 0.05) is 56.8 Å². The zero-order chi connectivity index (χ0) is 14.7. The van der Waals surface area contributed by atoms with Gasteiger partial charge >= 0.3 is 0 Å². The fraction of sp³-hybridized carbons (Fsp3) is 0.667. The van der Waals surface area contributed by atoms with Crippen LogP contribution in [0.15, 0.2) is 18.5 Å². The van der Waals surface area contributed by atoms with Gasteiger partial charge in [-0.15, -0.1) is 0 Å². The van der Waals surface area contributed by atoms with Crippen LogP contribution < -0.4 is 5.32 Å². The van der Waals surface area contributed by atoms with Crippen LogP contribution in [0.3, 0.4) is 0 Å². The minimum atomic E-state index is 0.0690. The highest BCUT2D eigenvalue weighted by Gasteiger charge is 2.39. The molecule has 1 aromatic rings. The van der Waals surface area contributed by atoms with Crippen LogP contribution in [-0.4, -0.2) is 45.6 Å². The van der Waals surface area contributed by atoms with Crippen LogP contribution in [0.1, 0.15) is 32.1 Å². The average Bonchev–Trinajstić information content (AvgIpc) is 3.04. The van der Waals surface area contributed by atoms with E-state index < -0.39 is 0 Å². The number of carbonyl (C=O) groups is 2.